The number of hydroxylamine groups is 1. The molecule has 0 saturated carbocycles. The molecule has 1 atom stereocenters. The van der Waals surface area contributed by atoms with Gasteiger partial charge in [0.1, 0.15) is 11.8 Å². The van der Waals surface area contributed by atoms with E-state index in [9.17, 15) is 22.8 Å². The molecule has 0 bridgehead atoms. The van der Waals surface area contributed by atoms with Crippen LogP contribution in [0.15, 0.2) is 54.6 Å². The van der Waals surface area contributed by atoms with E-state index in [2.05, 4.69) is 16.7 Å². The van der Waals surface area contributed by atoms with Crippen LogP contribution in [0.5, 0.6) is 5.75 Å². The molecule has 29 heavy (non-hydrogen) atoms. The normalized spacial score (nSPS) is 11.6. The molecule has 2 aromatic rings. The Kier molecular flexibility index (Phi) is 7.19. The number of hydrogen-bond donors (Lipinski definition) is 3. The zero-order valence-electron chi connectivity index (χ0n) is 14.8. The largest absolute Gasteiger partial charge is 0.573 e. The van der Waals surface area contributed by atoms with Crippen LogP contribution in [0.1, 0.15) is 15.9 Å². The van der Waals surface area contributed by atoms with Crippen LogP contribution in [0.4, 0.5) is 13.2 Å². The number of halogens is 3. The van der Waals surface area contributed by atoms with Crippen molar-refractivity contribution >= 4 is 11.8 Å². The Morgan fingerprint density at radius 2 is 1.76 bits per heavy atom. The average Bonchev–Trinajstić information content (AvgIpc) is 2.70. The van der Waals surface area contributed by atoms with Crippen molar-refractivity contribution in [3.8, 4) is 17.7 Å². The summed E-state index contributed by atoms with van der Waals surface area (Å²) in [5.41, 5.74) is 7.46. The molecule has 0 aliphatic carbocycles. The quantitative estimate of drug-likeness (QED) is 0.304. The van der Waals surface area contributed by atoms with Gasteiger partial charge >= 0.3 is 6.36 Å². The van der Waals surface area contributed by atoms with Crippen LogP contribution in [0.25, 0.3) is 0 Å². The van der Waals surface area contributed by atoms with E-state index in [1.807, 2.05) is 0 Å². The third-order valence-corrected chi connectivity index (χ3v) is 3.60. The summed E-state index contributed by atoms with van der Waals surface area (Å²) in [5.74, 6) is 0.561. The van der Waals surface area contributed by atoms with Gasteiger partial charge in [-0.25, -0.2) is 5.48 Å². The number of alkyl halides is 3. The highest BCUT2D eigenvalue weighted by molar-refractivity contribution is 5.98. The van der Waals surface area contributed by atoms with E-state index in [1.54, 1.807) is 18.2 Å². The Morgan fingerprint density at radius 3 is 2.28 bits per heavy atom. The van der Waals surface area contributed by atoms with E-state index in [0.29, 0.717) is 0 Å². The molecule has 0 aromatic heterocycles. The lowest BCUT2D eigenvalue weighted by atomic mass is 10.1. The van der Waals surface area contributed by atoms with Gasteiger partial charge in [0.2, 0.25) is 0 Å². The Labute approximate surface area is 163 Å². The van der Waals surface area contributed by atoms with Gasteiger partial charge in [-0.05, 0) is 42.3 Å². The van der Waals surface area contributed by atoms with Gasteiger partial charge in [0.05, 0.1) is 0 Å². The van der Waals surface area contributed by atoms with Crippen LogP contribution in [-0.2, 0) is 4.79 Å². The maximum Gasteiger partial charge on any atom is 0.573 e. The molecule has 2 amide bonds. The standard InChI is InChI=1S/C19H16F3N3O4/c20-19(21,22)29-15-8-6-13(7-9-15)10-11-25(16(12-23)17(26)24-28)18(27)14-4-2-1-3-5-14/h1-9,16,28H,12,23H2,(H,24,26)/t16-/m0/s1. The molecule has 4 N–H and O–H groups in total. The second kappa shape index (κ2) is 9.59. The number of rotatable bonds is 5. The molecule has 0 fully saturated rings. The molecule has 152 valence electrons. The minimum absolute atomic E-state index is 0.222. The number of ether oxygens (including phenoxy) is 1. The third-order valence-electron chi connectivity index (χ3n) is 3.60. The van der Waals surface area contributed by atoms with Gasteiger partial charge in [-0.2, -0.15) is 0 Å². The minimum atomic E-state index is -4.82. The molecular weight excluding hydrogens is 391 g/mol. The molecular formula is C19H16F3N3O4. The molecule has 0 heterocycles. The molecule has 2 aromatic carbocycles. The van der Waals surface area contributed by atoms with Gasteiger partial charge in [-0.3, -0.25) is 19.7 Å². The number of benzene rings is 2. The first-order valence-corrected chi connectivity index (χ1v) is 8.15. The molecule has 0 saturated heterocycles. The van der Waals surface area contributed by atoms with Crippen molar-refractivity contribution in [2.24, 2.45) is 5.73 Å². The fourth-order valence-corrected chi connectivity index (χ4v) is 2.26. The monoisotopic (exact) mass is 407 g/mol. The Balaban J connectivity index is 2.33. The van der Waals surface area contributed by atoms with Crippen LogP contribution in [0.2, 0.25) is 0 Å². The lowest BCUT2D eigenvalue weighted by Gasteiger charge is -2.23. The lowest BCUT2D eigenvalue weighted by Crippen LogP contribution is -2.50. The van der Waals surface area contributed by atoms with Crippen molar-refractivity contribution in [1.29, 1.82) is 0 Å². The second-order valence-corrected chi connectivity index (χ2v) is 5.58. The van der Waals surface area contributed by atoms with Gasteiger partial charge in [0, 0.05) is 23.7 Å². The highest BCUT2D eigenvalue weighted by Gasteiger charge is 2.31. The van der Waals surface area contributed by atoms with Crippen molar-refractivity contribution in [2.75, 3.05) is 6.54 Å². The summed E-state index contributed by atoms with van der Waals surface area (Å²) in [6.07, 6.45) is -4.82. The highest BCUT2D eigenvalue weighted by Crippen LogP contribution is 2.22. The summed E-state index contributed by atoms with van der Waals surface area (Å²) < 4.78 is 40.4. The summed E-state index contributed by atoms with van der Waals surface area (Å²) in [5, 5.41) is 8.90. The van der Waals surface area contributed by atoms with E-state index < -0.39 is 30.0 Å². The first kappa shape index (κ1) is 21.7. The third kappa shape index (κ3) is 6.24. The van der Waals surface area contributed by atoms with Crippen LogP contribution >= 0.6 is 0 Å². The molecule has 2 rings (SSSR count). The number of nitrogens with one attached hydrogen (secondary N) is 1. The van der Waals surface area contributed by atoms with Crippen molar-refractivity contribution in [3.05, 3.63) is 65.7 Å². The SMILES string of the molecule is NC[C@@H](C(=O)NO)N(C#Cc1ccc(OC(F)(F)F)cc1)C(=O)c1ccccc1. The molecule has 10 heteroatoms. The lowest BCUT2D eigenvalue weighted by molar-refractivity contribution is -0.274. The van der Waals surface area contributed by atoms with Crippen LogP contribution in [-0.4, -0.2) is 40.9 Å². The summed E-state index contributed by atoms with van der Waals surface area (Å²) >= 11 is 0. The van der Waals surface area contributed by atoms with Crippen molar-refractivity contribution < 1.29 is 32.7 Å². The van der Waals surface area contributed by atoms with Gasteiger partial charge in [-0.15, -0.1) is 13.2 Å². The maximum absolute atomic E-state index is 12.8. The number of carbonyl (C=O) groups excluding carboxylic acids is 2. The van der Waals surface area contributed by atoms with Crippen LogP contribution in [0, 0.1) is 12.0 Å². The molecule has 0 aliphatic heterocycles. The number of nitrogens with two attached hydrogens (primary N) is 1. The number of nitrogens with zero attached hydrogens (tertiary/aromatic N) is 1. The fourth-order valence-electron chi connectivity index (χ4n) is 2.26. The van der Waals surface area contributed by atoms with Gasteiger partial charge in [0.25, 0.3) is 11.8 Å². The smallest absolute Gasteiger partial charge is 0.406 e. The predicted molar refractivity (Wildman–Crippen MR) is 95.4 cm³/mol. The fraction of sp³-hybridized carbons (Fsp3) is 0.158. The molecule has 0 radical (unpaired) electrons. The maximum atomic E-state index is 12.8. The Hall–Kier alpha value is -3.55. The topological polar surface area (TPSA) is 105 Å². The van der Waals surface area contributed by atoms with E-state index in [1.165, 1.54) is 29.7 Å². The Bertz CT molecular complexity index is 906. The van der Waals surface area contributed by atoms with Gasteiger partial charge in [-0.1, -0.05) is 18.2 Å². The predicted octanol–water partition coefficient (Wildman–Crippen LogP) is 1.87. The summed E-state index contributed by atoms with van der Waals surface area (Å²) in [4.78, 5) is 25.5. The van der Waals surface area contributed by atoms with E-state index >= 15 is 0 Å². The first-order chi connectivity index (χ1) is 13.7. The van der Waals surface area contributed by atoms with Crippen LogP contribution in [0.3, 0.4) is 0 Å². The van der Waals surface area contributed by atoms with Crippen molar-refractivity contribution in [3.63, 3.8) is 0 Å². The summed E-state index contributed by atoms with van der Waals surface area (Å²) in [7, 11) is 0. The van der Waals surface area contributed by atoms with Gasteiger partial charge < -0.3 is 10.5 Å². The molecule has 0 aliphatic rings. The minimum Gasteiger partial charge on any atom is -0.406 e. The second-order valence-electron chi connectivity index (χ2n) is 5.58. The Morgan fingerprint density at radius 1 is 1.14 bits per heavy atom. The van der Waals surface area contributed by atoms with Crippen molar-refractivity contribution in [1.82, 2.24) is 10.4 Å². The summed E-state index contributed by atoms with van der Waals surface area (Å²) in [6.45, 7) is -0.335. The number of hydrogen-bond acceptors (Lipinski definition) is 5. The molecule has 0 unspecified atom stereocenters. The zero-order chi connectivity index (χ0) is 21.4. The van der Waals surface area contributed by atoms with Gasteiger partial charge in [0.15, 0.2) is 0 Å². The van der Waals surface area contributed by atoms with E-state index in [0.717, 1.165) is 17.0 Å². The first-order valence-electron chi connectivity index (χ1n) is 8.15. The molecule has 0 spiro atoms. The van der Waals surface area contributed by atoms with E-state index in [-0.39, 0.29) is 17.7 Å². The number of amides is 2. The zero-order valence-corrected chi connectivity index (χ0v) is 14.8. The summed E-state index contributed by atoms with van der Waals surface area (Å²) in [6, 6.07) is 13.7. The highest BCUT2D eigenvalue weighted by atomic mass is 19.4. The van der Waals surface area contributed by atoms with E-state index in [4.69, 9.17) is 10.9 Å². The average molecular weight is 407 g/mol. The number of carbonyl (C=O) groups is 2. The molecule has 7 nitrogen and oxygen atoms in total. The van der Waals surface area contributed by atoms with Crippen molar-refractivity contribution in [2.45, 2.75) is 12.4 Å². The van der Waals surface area contributed by atoms with Crippen LogP contribution < -0.4 is 16.0 Å².